The molecule has 2 rings (SSSR count). The summed E-state index contributed by atoms with van der Waals surface area (Å²) in [5.41, 5.74) is 1.53. The molecule has 0 amide bonds. The van der Waals surface area contributed by atoms with Crippen molar-refractivity contribution >= 4 is 12.2 Å². The zero-order valence-electron chi connectivity index (χ0n) is 9.34. The number of halogens is 2. The molecular weight excluding hydrogens is 242 g/mol. The van der Waals surface area contributed by atoms with E-state index in [0.717, 1.165) is 0 Å². The number of H-pyrrole nitrogens is 1. The Morgan fingerprint density at radius 2 is 1.88 bits per heavy atom. The summed E-state index contributed by atoms with van der Waals surface area (Å²) in [4.78, 5) is 6.67. The van der Waals surface area contributed by atoms with Gasteiger partial charge in [-0.25, -0.2) is 13.8 Å². The van der Waals surface area contributed by atoms with Crippen LogP contribution in [0.15, 0.2) is 18.5 Å². The lowest BCUT2D eigenvalue weighted by Crippen LogP contribution is -1.97. The molecule has 0 bridgehead atoms. The van der Waals surface area contributed by atoms with Crippen molar-refractivity contribution < 1.29 is 8.78 Å². The van der Waals surface area contributed by atoms with E-state index in [-0.39, 0.29) is 11.1 Å². The molecule has 1 aromatic heterocycles. The molecule has 2 nitrogen and oxygen atoms in total. The number of nitrogens with one attached hydrogen (secondary N) is 1. The van der Waals surface area contributed by atoms with Crippen LogP contribution in [0.1, 0.15) is 11.1 Å². The molecule has 17 heavy (non-hydrogen) atoms. The summed E-state index contributed by atoms with van der Waals surface area (Å²) < 4.78 is 27.7. The van der Waals surface area contributed by atoms with Crippen LogP contribution < -0.4 is 0 Å². The van der Waals surface area contributed by atoms with Crippen LogP contribution in [0.25, 0.3) is 11.3 Å². The van der Waals surface area contributed by atoms with Crippen LogP contribution in [-0.4, -0.2) is 9.97 Å². The Morgan fingerprint density at radius 3 is 2.59 bits per heavy atom. The van der Waals surface area contributed by atoms with Gasteiger partial charge in [0.1, 0.15) is 4.64 Å². The second-order valence-corrected chi connectivity index (χ2v) is 4.15. The van der Waals surface area contributed by atoms with Gasteiger partial charge in [-0.1, -0.05) is 18.3 Å². The highest BCUT2D eigenvalue weighted by Gasteiger charge is 2.14. The highest BCUT2D eigenvalue weighted by atomic mass is 32.1. The predicted octanol–water partition coefficient (Wildman–Crippen LogP) is 3.70. The molecule has 0 saturated carbocycles. The molecule has 1 aromatic carbocycles. The highest BCUT2D eigenvalue weighted by molar-refractivity contribution is 7.71. The van der Waals surface area contributed by atoms with Crippen molar-refractivity contribution in [3.63, 3.8) is 0 Å². The molecule has 5 heteroatoms. The third-order valence-corrected chi connectivity index (χ3v) is 3.04. The van der Waals surface area contributed by atoms with Gasteiger partial charge in [0.25, 0.3) is 0 Å². The summed E-state index contributed by atoms with van der Waals surface area (Å²) in [6.45, 7) is 3.24. The summed E-state index contributed by atoms with van der Waals surface area (Å²) in [7, 11) is 0. The van der Waals surface area contributed by atoms with Gasteiger partial charge in [0.15, 0.2) is 11.6 Å². The summed E-state index contributed by atoms with van der Waals surface area (Å²) in [6, 6.07) is 3.06. The summed E-state index contributed by atoms with van der Waals surface area (Å²) in [5.74, 6) is -1.71. The molecule has 0 aliphatic heterocycles. The lowest BCUT2D eigenvalue weighted by molar-refractivity contribution is 0.505. The minimum absolute atomic E-state index is 0.166. The average Bonchev–Trinajstić information content (AvgIpc) is 2.31. The quantitative estimate of drug-likeness (QED) is 0.784. The van der Waals surface area contributed by atoms with E-state index in [4.69, 9.17) is 12.2 Å². The fourth-order valence-electron chi connectivity index (χ4n) is 1.59. The van der Waals surface area contributed by atoms with Crippen LogP contribution in [0.2, 0.25) is 0 Å². The van der Waals surface area contributed by atoms with Crippen LogP contribution in [0, 0.1) is 30.1 Å². The SMILES string of the molecule is Cc1ccc(-c2[nH]cnc(=S)c2C)c(F)c1F. The Morgan fingerprint density at radius 1 is 1.18 bits per heavy atom. The van der Waals surface area contributed by atoms with Crippen molar-refractivity contribution in [2.75, 3.05) is 0 Å². The summed E-state index contributed by atoms with van der Waals surface area (Å²) >= 11 is 5.00. The Hall–Kier alpha value is -1.62. The second kappa shape index (κ2) is 4.33. The Labute approximate surface area is 102 Å². The molecule has 0 radical (unpaired) electrons. The fraction of sp³-hybridized carbons (Fsp3) is 0.167. The van der Waals surface area contributed by atoms with Gasteiger partial charge < -0.3 is 4.98 Å². The van der Waals surface area contributed by atoms with E-state index >= 15 is 0 Å². The number of hydrogen-bond acceptors (Lipinski definition) is 2. The molecule has 0 atom stereocenters. The van der Waals surface area contributed by atoms with Gasteiger partial charge in [-0.3, -0.25) is 0 Å². The van der Waals surface area contributed by atoms with Crippen LogP contribution in [0.5, 0.6) is 0 Å². The van der Waals surface area contributed by atoms with Crippen LogP contribution >= 0.6 is 12.2 Å². The van der Waals surface area contributed by atoms with Gasteiger partial charge in [-0.05, 0) is 25.5 Å². The van der Waals surface area contributed by atoms with Crippen molar-refractivity contribution in [1.82, 2.24) is 9.97 Å². The van der Waals surface area contributed by atoms with E-state index in [2.05, 4.69) is 9.97 Å². The van der Waals surface area contributed by atoms with Gasteiger partial charge in [0.05, 0.1) is 12.0 Å². The second-order valence-electron chi connectivity index (χ2n) is 3.77. The monoisotopic (exact) mass is 252 g/mol. The smallest absolute Gasteiger partial charge is 0.168 e. The maximum Gasteiger partial charge on any atom is 0.168 e. The third-order valence-electron chi connectivity index (χ3n) is 2.63. The minimum atomic E-state index is -0.870. The van der Waals surface area contributed by atoms with Gasteiger partial charge >= 0.3 is 0 Å². The van der Waals surface area contributed by atoms with Gasteiger partial charge in [-0.15, -0.1) is 0 Å². The Bertz CT molecular complexity index is 635. The number of rotatable bonds is 1. The van der Waals surface area contributed by atoms with E-state index in [0.29, 0.717) is 15.9 Å². The minimum Gasteiger partial charge on any atom is -0.345 e. The number of aryl methyl sites for hydroxylation is 1. The first-order valence-electron chi connectivity index (χ1n) is 5.01. The normalized spacial score (nSPS) is 10.6. The molecule has 2 aromatic rings. The van der Waals surface area contributed by atoms with Crippen LogP contribution in [0.4, 0.5) is 8.78 Å². The maximum absolute atomic E-state index is 13.8. The molecule has 88 valence electrons. The van der Waals surface area contributed by atoms with E-state index in [1.54, 1.807) is 6.92 Å². The number of nitrogens with zero attached hydrogens (tertiary/aromatic N) is 1. The van der Waals surface area contributed by atoms with E-state index in [9.17, 15) is 8.78 Å². The largest absolute Gasteiger partial charge is 0.345 e. The molecule has 1 heterocycles. The van der Waals surface area contributed by atoms with Crippen LogP contribution in [0.3, 0.4) is 0 Å². The van der Waals surface area contributed by atoms with Gasteiger partial charge in [-0.2, -0.15) is 0 Å². The fourth-order valence-corrected chi connectivity index (χ4v) is 1.74. The van der Waals surface area contributed by atoms with E-state index in [1.807, 2.05) is 0 Å². The maximum atomic E-state index is 13.8. The van der Waals surface area contributed by atoms with Crippen molar-refractivity contribution in [2.45, 2.75) is 13.8 Å². The molecule has 0 spiro atoms. The van der Waals surface area contributed by atoms with Crippen LogP contribution in [-0.2, 0) is 0 Å². The molecule has 0 fully saturated rings. The van der Waals surface area contributed by atoms with Crippen molar-refractivity contribution in [1.29, 1.82) is 0 Å². The topological polar surface area (TPSA) is 28.7 Å². The molecular formula is C12H10F2N2S. The first-order valence-corrected chi connectivity index (χ1v) is 5.42. The zero-order chi connectivity index (χ0) is 12.6. The number of aromatic amines is 1. The van der Waals surface area contributed by atoms with Crippen molar-refractivity contribution in [2.24, 2.45) is 0 Å². The molecule has 0 aliphatic carbocycles. The summed E-state index contributed by atoms with van der Waals surface area (Å²) in [6.07, 6.45) is 1.38. The van der Waals surface area contributed by atoms with Gasteiger partial charge in [0, 0.05) is 11.1 Å². The molecule has 0 saturated heterocycles. The predicted molar refractivity (Wildman–Crippen MR) is 64.2 cm³/mol. The average molecular weight is 252 g/mol. The standard InChI is InChI=1S/C12H10F2N2S/c1-6-3-4-8(10(14)9(6)13)11-7(2)12(17)16-5-15-11/h3-5H,1-2H3,(H,15,16,17). The molecule has 0 aliphatic rings. The molecule has 1 N–H and O–H groups in total. The Kier molecular flexibility index (Phi) is 3.02. The van der Waals surface area contributed by atoms with Gasteiger partial charge in [0.2, 0.25) is 0 Å². The van der Waals surface area contributed by atoms with Crippen molar-refractivity contribution in [3.8, 4) is 11.3 Å². The first kappa shape index (κ1) is 11.9. The summed E-state index contributed by atoms with van der Waals surface area (Å²) in [5, 5.41) is 0. The Balaban J connectivity index is 2.74. The lowest BCUT2D eigenvalue weighted by Gasteiger charge is -2.08. The third kappa shape index (κ3) is 1.98. The highest BCUT2D eigenvalue weighted by Crippen LogP contribution is 2.26. The number of benzene rings is 1. The lowest BCUT2D eigenvalue weighted by atomic mass is 10.1. The van der Waals surface area contributed by atoms with E-state index < -0.39 is 11.6 Å². The number of hydrogen-bond donors (Lipinski definition) is 1. The van der Waals surface area contributed by atoms with E-state index in [1.165, 1.54) is 25.4 Å². The molecule has 0 unspecified atom stereocenters. The first-order chi connectivity index (χ1) is 8.02. The number of aromatic nitrogens is 2. The zero-order valence-corrected chi connectivity index (χ0v) is 10.2. The van der Waals surface area contributed by atoms with Crippen molar-refractivity contribution in [3.05, 3.63) is 45.9 Å².